The Labute approximate surface area is 127 Å². The highest BCUT2D eigenvalue weighted by Gasteiger charge is 2.11. The van der Waals surface area contributed by atoms with Gasteiger partial charge in [0.15, 0.2) is 5.78 Å². The molecule has 21 heavy (non-hydrogen) atoms. The fourth-order valence-electron chi connectivity index (χ4n) is 2.67. The van der Waals surface area contributed by atoms with Crippen molar-refractivity contribution in [1.82, 2.24) is 0 Å². The van der Waals surface area contributed by atoms with Gasteiger partial charge in [0.05, 0.1) is 0 Å². The van der Waals surface area contributed by atoms with Crippen molar-refractivity contribution in [3.63, 3.8) is 0 Å². The lowest BCUT2D eigenvalue weighted by Crippen LogP contribution is -2.13. The maximum atomic E-state index is 11.4. The van der Waals surface area contributed by atoms with Crippen LogP contribution in [0, 0.1) is 6.92 Å². The topological polar surface area (TPSA) is 43.1 Å². The SMILES string of the molecule is CC(=O)c1ccc(CCC(CN)c2ccccc2)c(C)c1. The summed E-state index contributed by atoms with van der Waals surface area (Å²) in [5.41, 5.74) is 10.5. The zero-order chi connectivity index (χ0) is 15.2. The number of benzene rings is 2. The summed E-state index contributed by atoms with van der Waals surface area (Å²) in [5, 5.41) is 0. The molecule has 2 heteroatoms. The van der Waals surface area contributed by atoms with Crippen molar-refractivity contribution in [1.29, 1.82) is 0 Å². The molecule has 110 valence electrons. The monoisotopic (exact) mass is 281 g/mol. The molecule has 0 amide bonds. The second-order valence-corrected chi connectivity index (χ2v) is 5.58. The highest BCUT2D eigenvalue weighted by atomic mass is 16.1. The van der Waals surface area contributed by atoms with Crippen LogP contribution in [0.1, 0.15) is 46.3 Å². The number of Topliss-reactive ketones (excluding diaryl/α,β-unsaturated/α-hetero) is 1. The van der Waals surface area contributed by atoms with Crippen LogP contribution >= 0.6 is 0 Å². The Bertz CT molecular complexity index is 604. The zero-order valence-corrected chi connectivity index (χ0v) is 12.8. The van der Waals surface area contributed by atoms with E-state index in [2.05, 4.69) is 37.3 Å². The van der Waals surface area contributed by atoms with Crippen LogP contribution < -0.4 is 5.73 Å². The minimum atomic E-state index is 0.119. The average molecular weight is 281 g/mol. The Morgan fingerprint density at radius 1 is 1.14 bits per heavy atom. The largest absolute Gasteiger partial charge is 0.330 e. The van der Waals surface area contributed by atoms with Gasteiger partial charge in [0.2, 0.25) is 0 Å². The van der Waals surface area contributed by atoms with Gasteiger partial charge in [0, 0.05) is 5.56 Å². The van der Waals surface area contributed by atoms with Gasteiger partial charge in [-0.3, -0.25) is 4.79 Å². The van der Waals surface area contributed by atoms with Crippen LogP contribution in [0.2, 0.25) is 0 Å². The van der Waals surface area contributed by atoms with Crippen molar-refractivity contribution in [2.24, 2.45) is 5.73 Å². The minimum Gasteiger partial charge on any atom is -0.330 e. The van der Waals surface area contributed by atoms with Gasteiger partial charge in [-0.2, -0.15) is 0 Å². The van der Waals surface area contributed by atoms with Gasteiger partial charge in [0.25, 0.3) is 0 Å². The number of rotatable bonds is 6. The van der Waals surface area contributed by atoms with Crippen LogP contribution in [0.15, 0.2) is 48.5 Å². The van der Waals surface area contributed by atoms with Crippen molar-refractivity contribution in [3.05, 3.63) is 70.8 Å². The quantitative estimate of drug-likeness (QED) is 0.817. The Morgan fingerprint density at radius 3 is 2.43 bits per heavy atom. The van der Waals surface area contributed by atoms with Crippen molar-refractivity contribution < 1.29 is 4.79 Å². The maximum absolute atomic E-state index is 11.4. The molecular formula is C19H23NO. The van der Waals surface area contributed by atoms with E-state index in [1.165, 1.54) is 16.7 Å². The van der Waals surface area contributed by atoms with Gasteiger partial charge in [0.1, 0.15) is 0 Å². The van der Waals surface area contributed by atoms with E-state index in [0.717, 1.165) is 18.4 Å². The van der Waals surface area contributed by atoms with Crippen LogP contribution in [-0.2, 0) is 6.42 Å². The molecular weight excluding hydrogens is 258 g/mol. The molecule has 1 unspecified atom stereocenters. The summed E-state index contributed by atoms with van der Waals surface area (Å²) < 4.78 is 0. The summed E-state index contributed by atoms with van der Waals surface area (Å²) in [6, 6.07) is 16.4. The molecule has 0 aliphatic carbocycles. The Balaban J connectivity index is 2.07. The molecule has 0 radical (unpaired) electrons. The summed E-state index contributed by atoms with van der Waals surface area (Å²) in [6.07, 6.45) is 2.02. The van der Waals surface area contributed by atoms with Gasteiger partial charge >= 0.3 is 0 Å². The predicted octanol–water partition coefficient (Wildman–Crippen LogP) is 3.87. The third-order valence-corrected chi connectivity index (χ3v) is 4.07. The van der Waals surface area contributed by atoms with E-state index in [4.69, 9.17) is 5.73 Å². The molecule has 0 aliphatic rings. The van der Waals surface area contributed by atoms with E-state index < -0.39 is 0 Å². The number of ketones is 1. The summed E-state index contributed by atoms with van der Waals surface area (Å²) in [6.45, 7) is 4.34. The second kappa shape index (κ2) is 7.19. The summed E-state index contributed by atoms with van der Waals surface area (Å²) >= 11 is 0. The van der Waals surface area contributed by atoms with E-state index in [0.29, 0.717) is 12.5 Å². The molecule has 0 saturated carbocycles. The van der Waals surface area contributed by atoms with Crippen molar-refractivity contribution >= 4 is 5.78 Å². The third kappa shape index (κ3) is 4.02. The first-order chi connectivity index (χ1) is 10.1. The van der Waals surface area contributed by atoms with Crippen LogP contribution in [0.3, 0.4) is 0 Å². The molecule has 2 rings (SSSR count). The highest BCUT2D eigenvalue weighted by molar-refractivity contribution is 5.94. The smallest absolute Gasteiger partial charge is 0.159 e. The summed E-state index contributed by atoms with van der Waals surface area (Å²) in [4.78, 5) is 11.4. The molecule has 0 fully saturated rings. The van der Waals surface area contributed by atoms with Crippen LogP contribution in [0.5, 0.6) is 0 Å². The first-order valence-corrected chi connectivity index (χ1v) is 7.47. The third-order valence-electron chi connectivity index (χ3n) is 4.07. The van der Waals surface area contributed by atoms with E-state index in [9.17, 15) is 4.79 Å². The van der Waals surface area contributed by atoms with Crippen LogP contribution in [0.25, 0.3) is 0 Å². The molecule has 0 aromatic heterocycles. The van der Waals surface area contributed by atoms with Gasteiger partial charge in [-0.15, -0.1) is 0 Å². The zero-order valence-electron chi connectivity index (χ0n) is 12.8. The molecule has 0 spiro atoms. The van der Waals surface area contributed by atoms with Crippen LogP contribution in [-0.4, -0.2) is 12.3 Å². The first-order valence-electron chi connectivity index (χ1n) is 7.47. The Kier molecular flexibility index (Phi) is 5.29. The van der Waals surface area contributed by atoms with E-state index in [1.807, 2.05) is 18.2 Å². The number of carbonyl (C=O) groups is 1. The Morgan fingerprint density at radius 2 is 1.86 bits per heavy atom. The molecule has 2 aromatic carbocycles. The number of nitrogens with two attached hydrogens (primary N) is 1. The standard InChI is InChI=1S/C19H23NO/c1-14-12-18(15(2)21)10-8-16(14)9-11-19(13-20)17-6-4-3-5-7-17/h3-8,10,12,19H,9,11,13,20H2,1-2H3. The molecule has 0 bridgehead atoms. The molecule has 1 atom stereocenters. The highest BCUT2D eigenvalue weighted by Crippen LogP contribution is 2.22. The summed E-state index contributed by atoms with van der Waals surface area (Å²) in [5.74, 6) is 0.506. The fraction of sp³-hybridized carbons (Fsp3) is 0.316. The molecule has 2 aromatic rings. The van der Waals surface area contributed by atoms with E-state index in [-0.39, 0.29) is 5.78 Å². The number of carbonyl (C=O) groups excluding carboxylic acids is 1. The second-order valence-electron chi connectivity index (χ2n) is 5.58. The normalized spacial score (nSPS) is 12.1. The van der Waals surface area contributed by atoms with Gasteiger partial charge < -0.3 is 5.73 Å². The molecule has 0 saturated heterocycles. The van der Waals surface area contributed by atoms with Crippen LogP contribution in [0.4, 0.5) is 0 Å². The number of aryl methyl sites for hydroxylation is 2. The van der Waals surface area contributed by atoms with Gasteiger partial charge in [-0.25, -0.2) is 0 Å². The molecule has 0 heterocycles. The Hall–Kier alpha value is -1.93. The predicted molar refractivity (Wildman–Crippen MR) is 87.7 cm³/mol. The lowest BCUT2D eigenvalue weighted by atomic mass is 9.91. The lowest BCUT2D eigenvalue weighted by molar-refractivity contribution is 0.101. The van der Waals surface area contributed by atoms with Crippen molar-refractivity contribution in [3.8, 4) is 0 Å². The minimum absolute atomic E-state index is 0.119. The average Bonchev–Trinajstić information content (AvgIpc) is 2.50. The van der Waals surface area contributed by atoms with Crippen molar-refractivity contribution in [2.45, 2.75) is 32.6 Å². The molecule has 2 N–H and O–H groups in total. The fourth-order valence-corrected chi connectivity index (χ4v) is 2.67. The van der Waals surface area contributed by atoms with E-state index >= 15 is 0 Å². The summed E-state index contributed by atoms with van der Waals surface area (Å²) in [7, 11) is 0. The molecule has 2 nitrogen and oxygen atoms in total. The van der Waals surface area contributed by atoms with Gasteiger partial charge in [-0.1, -0.05) is 42.5 Å². The number of hydrogen-bond donors (Lipinski definition) is 1. The number of hydrogen-bond acceptors (Lipinski definition) is 2. The maximum Gasteiger partial charge on any atom is 0.159 e. The molecule has 0 aliphatic heterocycles. The van der Waals surface area contributed by atoms with E-state index in [1.54, 1.807) is 6.92 Å². The first kappa shape index (κ1) is 15.5. The van der Waals surface area contributed by atoms with Gasteiger partial charge in [-0.05, 0) is 61.9 Å². The van der Waals surface area contributed by atoms with Crippen molar-refractivity contribution in [2.75, 3.05) is 6.54 Å². The lowest BCUT2D eigenvalue weighted by Gasteiger charge is -2.16.